The Kier molecular flexibility index (Phi) is 5.09. The van der Waals surface area contributed by atoms with E-state index in [0.717, 1.165) is 10.7 Å². The number of nitrogens with one attached hydrogen (secondary N) is 2. The van der Waals surface area contributed by atoms with E-state index in [1.165, 1.54) is 24.3 Å². The van der Waals surface area contributed by atoms with E-state index < -0.39 is 5.82 Å². The zero-order valence-electron chi connectivity index (χ0n) is 13.9. The number of nitrogens with zero attached hydrogens (tertiary/aromatic N) is 1. The van der Waals surface area contributed by atoms with E-state index in [1.54, 1.807) is 12.1 Å². The Bertz CT molecular complexity index is 879. The summed E-state index contributed by atoms with van der Waals surface area (Å²) in [6.07, 6.45) is 0. The van der Waals surface area contributed by atoms with Gasteiger partial charge in [0, 0.05) is 23.6 Å². The molecule has 0 aliphatic rings. The standard InChI is InChI=1S/C19H18FN3OS/c1-12(14-6-4-3-5-7-14)21-19-23-18(11-25-19)16-9-8-15(10-17(16)20)22-13(2)24/h3-12H,1-2H3,(H,21,23)(H,22,24)/t12-/m1/s1. The molecule has 1 heterocycles. The lowest BCUT2D eigenvalue weighted by Crippen LogP contribution is -2.06. The second-order valence-electron chi connectivity index (χ2n) is 5.69. The van der Waals surface area contributed by atoms with Gasteiger partial charge in [-0.2, -0.15) is 0 Å². The maximum Gasteiger partial charge on any atom is 0.221 e. The second-order valence-corrected chi connectivity index (χ2v) is 6.55. The topological polar surface area (TPSA) is 54.0 Å². The Morgan fingerprint density at radius 3 is 2.64 bits per heavy atom. The number of thiazole rings is 1. The highest BCUT2D eigenvalue weighted by Crippen LogP contribution is 2.30. The maximum atomic E-state index is 14.3. The van der Waals surface area contributed by atoms with Gasteiger partial charge in [-0.15, -0.1) is 11.3 Å². The van der Waals surface area contributed by atoms with Crippen LogP contribution in [-0.4, -0.2) is 10.9 Å². The van der Waals surface area contributed by atoms with Crippen molar-refractivity contribution in [2.24, 2.45) is 0 Å². The van der Waals surface area contributed by atoms with Crippen LogP contribution >= 0.6 is 11.3 Å². The molecule has 0 radical (unpaired) electrons. The van der Waals surface area contributed by atoms with Crippen molar-refractivity contribution in [3.05, 3.63) is 65.3 Å². The SMILES string of the molecule is CC(=O)Nc1ccc(-c2csc(N[C@H](C)c3ccccc3)n2)c(F)c1. The lowest BCUT2D eigenvalue weighted by Gasteiger charge is -2.12. The summed E-state index contributed by atoms with van der Waals surface area (Å²) in [5.74, 6) is -0.651. The normalized spacial score (nSPS) is 11.8. The first-order valence-electron chi connectivity index (χ1n) is 7.87. The molecule has 2 aromatic carbocycles. The van der Waals surface area contributed by atoms with Crippen LogP contribution < -0.4 is 10.6 Å². The molecule has 0 saturated heterocycles. The highest BCUT2D eigenvalue weighted by molar-refractivity contribution is 7.14. The molecule has 2 N–H and O–H groups in total. The van der Waals surface area contributed by atoms with Gasteiger partial charge >= 0.3 is 0 Å². The summed E-state index contributed by atoms with van der Waals surface area (Å²) >= 11 is 1.43. The lowest BCUT2D eigenvalue weighted by atomic mass is 10.1. The van der Waals surface area contributed by atoms with E-state index in [0.29, 0.717) is 16.9 Å². The molecule has 6 heteroatoms. The molecule has 1 atom stereocenters. The van der Waals surface area contributed by atoms with Crippen molar-refractivity contribution in [1.82, 2.24) is 4.98 Å². The molecule has 25 heavy (non-hydrogen) atoms. The largest absolute Gasteiger partial charge is 0.355 e. The van der Waals surface area contributed by atoms with Crippen LogP contribution in [0.2, 0.25) is 0 Å². The van der Waals surface area contributed by atoms with Crippen molar-refractivity contribution in [1.29, 1.82) is 0 Å². The third-order valence-corrected chi connectivity index (χ3v) is 4.48. The molecule has 4 nitrogen and oxygen atoms in total. The fraction of sp³-hybridized carbons (Fsp3) is 0.158. The third-order valence-electron chi connectivity index (χ3n) is 3.71. The number of benzene rings is 2. The monoisotopic (exact) mass is 355 g/mol. The molecule has 0 fully saturated rings. The van der Waals surface area contributed by atoms with Crippen LogP contribution in [0.15, 0.2) is 53.9 Å². The van der Waals surface area contributed by atoms with Crippen LogP contribution in [0.3, 0.4) is 0 Å². The number of hydrogen-bond donors (Lipinski definition) is 2. The molecule has 0 unspecified atom stereocenters. The van der Waals surface area contributed by atoms with Gasteiger partial charge < -0.3 is 10.6 Å². The van der Waals surface area contributed by atoms with Gasteiger partial charge in [0.1, 0.15) is 5.82 Å². The van der Waals surface area contributed by atoms with Gasteiger partial charge in [0.15, 0.2) is 5.13 Å². The molecule has 0 bridgehead atoms. The van der Waals surface area contributed by atoms with E-state index >= 15 is 0 Å². The van der Waals surface area contributed by atoms with Crippen molar-refractivity contribution in [3.8, 4) is 11.3 Å². The number of amides is 1. The minimum atomic E-state index is -0.417. The first-order chi connectivity index (χ1) is 12.0. The van der Waals surface area contributed by atoms with Crippen LogP contribution in [0.4, 0.5) is 15.2 Å². The van der Waals surface area contributed by atoms with E-state index in [4.69, 9.17) is 0 Å². The molecule has 128 valence electrons. The Morgan fingerprint density at radius 1 is 1.20 bits per heavy atom. The van der Waals surface area contributed by atoms with Crippen LogP contribution in [0.25, 0.3) is 11.3 Å². The summed E-state index contributed by atoms with van der Waals surface area (Å²) in [6.45, 7) is 3.44. The minimum Gasteiger partial charge on any atom is -0.355 e. The first-order valence-corrected chi connectivity index (χ1v) is 8.75. The van der Waals surface area contributed by atoms with Gasteiger partial charge in [0.25, 0.3) is 0 Å². The van der Waals surface area contributed by atoms with Gasteiger partial charge in [-0.3, -0.25) is 4.79 Å². The van der Waals surface area contributed by atoms with Crippen LogP contribution in [0.1, 0.15) is 25.5 Å². The minimum absolute atomic E-state index is 0.104. The third kappa shape index (κ3) is 4.22. The molecule has 1 aromatic heterocycles. The fourth-order valence-electron chi connectivity index (χ4n) is 2.48. The smallest absolute Gasteiger partial charge is 0.221 e. The van der Waals surface area contributed by atoms with E-state index in [9.17, 15) is 9.18 Å². The van der Waals surface area contributed by atoms with Crippen molar-refractivity contribution < 1.29 is 9.18 Å². The summed E-state index contributed by atoms with van der Waals surface area (Å²) in [5, 5.41) is 8.45. The fourth-order valence-corrected chi connectivity index (χ4v) is 3.28. The van der Waals surface area contributed by atoms with E-state index in [1.807, 2.05) is 35.7 Å². The van der Waals surface area contributed by atoms with Crippen LogP contribution in [-0.2, 0) is 4.79 Å². The summed E-state index contributed by atoms with van der Waals surface area (Å²) in [7, 11) is 0. The number of anilines is 2. The average molecular weight is 355 g/mol. The summed E-state index contributed by atoms with van der Waals surface area (Å²) in [4.78, 5) is 15.5. The van der Waals surface area contributed by atoms with Gasteiger partial charge in [-0.25, -0.2) is 9.37 Å². The molecule has 0 aliphatic carbocycles. The van der Waals surface area contributed by atoms with E-state index in [2.05, 4.69) is 22.5 Å². The van der Waals surface area contributed by atoms with Gasteiger partial charge in [-0.05, 0) is 30.7 Å². The predicted octanol–water partition coefficient (Wildman–Crippen LogP) is 5.08. The number of rotatable bonds is 5. The lowest BCUT2D eigenvalue weighted by molar-refractivity contribution is -0.114. The Labute approximate surface area is 149 Å². The van der Waals surface area contributed by atoms with Crippen LogP contribution in [0.5, 0.6) is 0 Å². The summed E-state index contributed by atoms with van der Waals surface area (Å²) in [5.41, 5.74) is 2.57. The molecule has 3 rings (SSSR count). The molecule has 0 spiro atoms. The van der Waals surface area contributed by atoms with Crippen molar-refractivity contribution in [2.45, 2.75) is 19.9 Å². The first kappa shape index (κ1) is 17.1. The van der Waals surface area contributed by atoms with Gasteiger partial charge in [0.05, 0.1) is 11.7 Å². The number of carbonyl (C=O) groups is 1. The number of carbonyl (C=O) groups excluding carboxylic acids is 1. The maximum absolute atomic E-state index is 14.3. The predicted molar refractivity (Wildman–Crippen MR) is 100 cm³/mol. The number of hydrogen-bond acceptors (Lipinski definition) is 4. The average Bonchev–Trinajstić information content (AvgIpc) is 3.03. The zero-order chi connectivity index (χ0) is 17.8. The highest BCUT2D eigenvalue weighted by atomic mass is 32.1. The Balaban J connectivity index is 1.76. The molecular weight excluding hydrogens is 337 g/mol. The van der Waals surface area contributed by atoms with E-state index in [-0.39, 0.29) is 11.9 Å². The molecule has 0 aliphatic heterocycles. The molecular formula is C19H18FN3OS. The molecule has 1 amide bonds. The van der Waals surface area contributed by atoms with Crippen molar-refractivity contribution in [3.63, 3.8) is 0 Å². The quantitative estimate of drug-likeness (QED) is 0.671. The van der Waals surface area contributed by atoms with Crippen LogP contribution in [0, 0.1) is 5.82 Å². The second kappa shape index (κ2) is 7.44. The van der Waals surface area contributed by atoms with Crippen molar-refractivity contribution >= 4 is 28.1 Å². The van der Waals surface area contributed by atoms with Gasteiger partial charge in [0.2, 0.25) is 5.91 Å². The van der Waals surface area contributed by atoms with Crippen molar-refractivity contribution in [2.75, 3.05) is 10.6 Å². The molecule has 0 saturated carbocycles. The zero-order valence-corrected chi connectivity index (χ0v) is 14.7. The summed E-state index contributed by atoms with van der Waals surface area (Å²) in [6, 6.07) is 14.8. The summed E-state index contributed by atoms with van der Waals surface area (Å²) < 4.78 is 14.3. The molecule has 3 aromatic rings. The Hall–Kier alpha value is -2.73. The Morgan fingerprint density at radius 2 is 1.96 bits per heavy atom. The highest BCUT2D eigenvalue weighted by Gasteiger charge is 2.12. The number of halogens is 1. The number of aromatic nitrogens is 1. The van der Waals surface area contributed by atoms with Gasteiger partial charge in [-0.1, -0.05) is 30.3 Å².